The van der Waals surface area contributed by atoms with Gasteiger partial charge in [0.15, 0.2) is 5.82 Å². The molecule has 3 rings (SSSR count). The molecule has 116 valence electrons. The number of amides is 1. The van der Waals surface area contributed by atoms with Crippen molar-refractivity contribution in [1.29, 1.82) is 0 Å². The van der Waals surface area contributed by atoms with E-state index in [1.807, 2.05) is 43.0 Å². The summed E-state index contributed by atoms with van der Waals surface area (Å²) in [6.45, 7) is 4.79. The van der Waals surface area contributed by atoms with E-state index in [1.54, 1.807) is 11.8 Å². The highest BCUT2D eigenvalue weighted by Gasteiger charge is 2.33. The molecule has 0 bridgehead atoms. The van der Waals surface area contributed by atoms with Gasteiger partial charge in [-0.2, -0.15) is 4.98 Å². The Balaban J connectivity index is 1.60. The first kappa shape index (κ1) is 15.1. The molecular weight excluding hydrogens is 298 g/mol. The molecule has 1 aromatic heterocycles. The zero-order valence-electron chi connectivity index (χ0n) is 12.8. The van der Waals surface area contributed by atoms with Gasteiger partial charge in [-0.3, -0.25) is 4.79 Å². The Kier molecular flexibility index (Phi) is 4.47. The van der Waals surface area contributed by atoms with Gasteiger partial charge in [0.05, 0.1) is 11.0 Å². The van der Waals surface area contributed by atoms with Gasteiger partial charge >= 0.3 is 0 Å². The highest BCUT2D eigenvalue weighted by atomic mass is 32.2. The Morgan fingerprint density at radius 2 is 2.14 bits per heavy atom. The molecule has 0 N–H and O–H groups in total. The van der Waals surface area contributed by atoms with Crippen LogP contribution < -0.4 is 4.90 Å². The van der Waals surface area contributed by atoms with Crippen molar-refractivity contribution in [3.05, 3.63) is 41.5 Å². The van der Waals surface area contributed by atoms with Crippen LogP contribution in [-0.2, 0) is 17.0 Å². The third-order valence-corrected chi connectivity index (χ3v) is 4.99. The SMILES string of the molecule is CCc1nc(CS[C@H]2CCN(c3ccc(C)cc3)C2=O)no1. The zero-order chi connectivity index (χ0) is 15.5. The molecule has 0 saturated carbocycles. The summed E-state index contributed by atoms with van der Waals surface area (Å²) in [5.74, 6) is 2.10. The highest BCUT2D eigenvalue weighted by Crippen LogP contribution is 2.30. The van der Waals surface area contributed by atoms with Crippen molar-refractivity contribution in [1.82, 2.24) is 10.1 Å². The number of aryl methyl sites for hydroxylation is 2. The smallest absolute Gasteiger partial charge is 0.240 e. The second-order valence-corrected chi connectivity index (χ2v) is 6.56. The summed E-state index contributed by atoms with van der Waals surface area (Å²) in [7, 11) is 0. The van der Waals surface area contributed by atoms with Crippen molar-refractivity contribution >= 4 is 23.4 Å². The van der Waals surface area contributed by atoms with Crippen molar-refractivity contribution < 1.29 is 9.32 Å². The summed E-state index contributed by atoms with van der Waals surface area (Å²) in [6, 6.07) is 8.09. The minimum Gasteiger partial charge on any atom is -0.339 e. The van der Waals surface area contributed by atoms with Crippen LogP contribution in [0.3, 0.4) is 0 Å². The second kappa shape index (κ2) is 6.52. The van der Waals surface area contributed by atoms with Crippen molar-refractivity contribution in [3.8, 4) is 0 Å². The van der Waals surface area contributed by atoms with E-state index < -0.39 is 0 Å². The van der Waals surface area contributed by atoms with Crippen LogP contribution in [0.25, 0.3) is 0 Å². The Bertz CT molecular complexity index is 654. The molecule has 1 atom stereocenters. The molecule has 5 nitrogen and oxygen atoms in total. The van der Waals surface area contributed by atoms with E-state index in [2.05, 4.69) is 10.1 Å². The van der Waals surface area contributed by atoms with Gasteiger partial charge in [0.2, 0.25) is 11.8 Å². The molecule has 1 fully saturated rings. The van der Waals surface area contributed by atoms with Crippen LogP contribution in [0.1, 0.15) is 30.6 Å². The van der Waals surface area contributed by atoms with E-state index in [1.165, 1.54) is 5.56 Å². The van der Waals surface area contributed by atoms with E-state index in [4.69, 9.17) is 4.52 Å². The Hall–Kier alpha value is -1.82. The molecule has 2 aromatic rings. The molecule has 1 aliphatic heterocycles. The van der Waals surface area contributed by atoms with Crippen LogP contribution in [0.4, 0.5) is 5.69 Å². The third-order valence-electron chi connectivity index (χ3n) is 3.73. The average Bonchev–Trinajstić information content (AvgIpc) is 3.13. The Morgan fingerprint density at radius 1 is 1.36 bits per heavy atom. The lowest BCUT2D eigenvalue weighted by Gasteiger charge is -2.16. The molecule has 6 heteroatoms. The minimum absolute atomic E-state index is 0.0233. The lowest BCUT2D eigenvalue weighted by molar-refractivity contribution is -0.116. The molecular formula is C16H19N3O2S. The lowest BCUT2D eigenvalue weighted by atomic mass is 10.2. The first-order valence-corrected chi connectivity index (χ1v) is 8.53. The fourth-order valence-corrected chi connectivity index (χ4v) is 3.47. The van der Waals surface area contributed by atoms with Crippen molar-refractivity contribution in [2.24, 2.45) is 0 Å². The van der Waals surface area contributed by atoms with Crippen LogP contribution in [0.5, 0.6) is 0 Å². The van der Waals surface area contributed by atoms with Gasteiger partial charge in [0.1, 0.15) is 0 Å². The van der Waals surface area contributed by atoms with Crippen LogP contribution in [0.2, 0.25) is 0 Å². The van der Waals surface area contributed by atoms with E-state index in [0.29, 0.717) is 17.5 Å². The average molecular weight is 317 g/mol. The van der Waals surface area contributed by atoms with Crippen molar-refractivity contribution in [2.75, 3.05) is 11.4 Å². The maximum Gasteiger partial charge on any atom is 0.240 e. The molecule has 1 amide bonds. The number of thioether (sulfide) groups is 1. The number of rotatable bonds is 5. The van der Waals surface area contributed by atoms with Gasteiger partial charge in [-0.05, 0) is 25.5 Å². The number of hydrogen-bond donors (Lipinski definition) is 0. The fourth-order valence-electron chi connectivity index (χ4n) is 2.46. The second-order valence-electron chi connectivity index (χ2n) is 5.37. The maximum atomic E-state index is 12.5. The molecule has 0 unspecified atom stereocenters. The first-order valence-electron chi connectivity index (χ1n) is 7.48. The Morgan fingerprint density at radius 3 is 2.82 bits per heavy atom. The summed E-state index contributed by atoms with van der Waals surface area (Å²) >= 11 is 1.59. The predicted octanol–water partition coefficient (Wildman–Crippen LogP) is 2.98. The van der Waals surface area contributed by atoms with E-state index in [0.717, 1.165) is 25.1 Å². The van der Waals surface area contributed by atoms with E-state index >= 15 is 0 Å². The van der Waals surface area contributed by atoms with E-state index in [-0.39, 0.29) is 11.2 Å². The monoisotopic (exact) mass is 317 g/mol. The summed E-state index contributed by atoms with van der Waals surface area (Å²) in [5.41, 5.74) is 2.18. The summed E-state index contributed by atoms with van der Waals surface area (Å²) in [4.78, 5) is 18.7. The summed E-state index contributed by atoms with van der Waals surface area (Å²) in [6.07, 6.45) is 1.59. The third kappa shape index (κ3) is 3.16. The van der Waals surface area contributed by atoms with Gasteiger partial charge in [-0.25, -0.2) is 0 Å². The Labute approximate surface area is 134 Å². The van der Waals surface area contributed by atoms with Gasteiger partial charge in [0.25, 0.3) is 0 Å². The summed E-state index contributed by atoms with van der Waals surface area (Å²) in [5, 5.41) is 3.90. The molecule has 0 radical (unpaired) electrons. The fraction of sp³-hybridized carbons (Fsp3) is 0.438. The predicted molar refractivity (Wildman–Crippen MR) is 86.9 cm³/mol. The van der Waals surface area contributed by atoms with E-state index in [9.17, 15) is 4.79 Å². The van der Waals surface area contributed by atoms with Gasteiger partial charge in [-0.15, -0.1) is 11.8 Å². The number of aromatic nitrogens is 2. The summed E-state index contributed by atoms with van der Waals surface area (Å²) < 4.78 is 5.09. The molecule has 1 aliphatic rings. The molecule has 0 spiro atoms. The van der Waals surface area contributed by atoms with Crippen molar-refractivity contribution in [2.45, 2.75) is 37.7 Å². The zero-order valence-corrected chi connectivity index (χ0v) is 13.6. The maximum absolute atomic E-state index is 12.5. The number of anilines is 1. The lowest BCUT2D eigenvalue weighted by Crippen LogP contribution is -2.28. The first-order chi connectivity index (χ1) is 10.7. The van der Waals surface area contributed by atoms with Crippen LogP contribution >= 0.6 is 11.8 Å². The number of carbonyl (C=O) groups is 1. The van der Waals surface area contributed by atoms with Crippen LogP contribution in [0.15, 0.2) is 28.8 Å². The van der Waals surface area contributed by atoms with Crippen molar-refractivity contribution in [3.63, 3.8) is 0 Å². The number of hydrogen-bond acceptors (Lipinski definition) is 5. The molecule has 0 aliphatic carbocycles. The standard InChI is InChI=1S/C16H19N3O2S/c1-3-15-17-14(18-21-15)10-22-13-8-9-19(16(13)20)12-6-4-11(2)5-7-12/h4-7,13H,3,8-10H2,1-2H3/t13-/m0/s1. The molecule has 2 heterocycles. The van der Waals surface area contributed by atoms with Gasteiger partial charge in [0, 0.05) is 18.7 Å². The number of nitrogens with zero attached hydrogens (tertiary/aromatic N) is 3. The highest BCUT2D eigenvalue weighted by molar-refractivity contribution is 7.99. The number of benzene rings is 1. The quantitative estimate of drug-likeness (QED) is 0.848. The number of carbonyl (C=O) groups excluding carboxylic acids is 1. The van der Waals surface area contributed by atoms with Gasteiger partial charge < -0.3 is 9.42 Å². The largest absolute Gasteiger partial charge is 0.339 e. The van der Waals surface area contributed by atoms with Crippen LogP contribution in [0, 0.1) is 6.92 Å². The normalized spacial score (nSPS) is 18.2. The molecule has 22 heavy (non-hydrogen) atoms. The van der Waals surface area contributed by atoms with Gasteiger partial charge in [-0.1, -0.05) is 29.8 Å². The minimum atomic E-state index is -0.0233. The molecule has 1 saturated heterocycles. The topological polar surface area (TPSA) is 59.2 Å². The van der Waals surface area contributed by atoms with Crippen LogP contribution in [-0.4, -0.2) is 27.8 Å². The molecule has 1 aromatic carbocycles.